The number of hydrogen-bond acceptors (Lipinski definition) is 0. The first-order valence-electron chi connectivity index (χ1n) is 6.94. The van der Waals surface area contributed by atoms with Gasteiger partial charge in [-0.1, -0.05) is 75.3 Å². The van der Waals surface area contributed by atoms with Crippen LogP contribution in [0.2, 0.25) is 0 Å². The summed E-state index contributed by atoms with van der Waals surface area (Å²) in [4.78, 5) is 0. The highest BCUT2D eigenvalue weighted by atomic mass is 35.5. The SMILES string of the molecule is CCCCCCCCC(Cl)c1ccc(C)cc1. The lowest BCUT2D eigenvalue weighted by atomic mass is 10.0. The molecule has 96 valence electrons. The van der Waals surface area contributed by atoms with Gasteiger partial charge in [-0.25, -0.2) is 0 Å². The van der Waals surface area contributed by atoms with Crippen molar-refractivity contribution >= 4 is 11.6 Å². The summed E-state index contributed by atoms with van der Waals surface area (Å²) in [5.41, 5.74) is 2.57. The number of aryl methyl sites for hydroxylation is 1. The molecule has 0 aliphatic carbocycles. The van der Waals surface area contributed by atoms with Gasteiger partial charge in [0.05, 0.1) is 5.38 Å². The molecule has 0 spiro atoms. The second-order valence-corrected chi connectivity index (χ2v) is 5.46. The molecule has 1 unspecified atom stereocenters. The van der Waals surface area contributed by atoms with E-state index in [4.69, 9.17) is 11.6 Å². The average Bonchev–Trinajstić information content (AvgIpc) is 2.34. The van der Waals surface area contributed by atoms with Gasteiger partial charge in [0, 0.05) is 0 Å². The Balaban J connectivity index is 2.16. The molecule has 0 fully saturated rings. The molecule has 1 aromatic rings. The van der Waals surface area contributed by atoms with Gasteiger partial charge < -0.3 is 0 Å². The van der Waals surface area contributed by atoms with E-state index in [9.17, 15) is 0 Å². The van der Waals surface area contributed by atoms with E-state index < -0.39 is 0 Å². The van der Waals surface area contributed by atoms with Gasteiger partial charge in [0.2, 0.25) is 0 Å². The highest BCUT2D eigenvalue weighted by Gasteiger charge is 2.06. The lowest BCUT2D eigenvalue weighted by Crippen LogP contribution is -1.91. The molecule has 1 atom stereocenters. The molecule has 1 heteroatoms. The van der Waals surface area contributed by atoms with Crippen LogP contribution in [-0.2, 0) is 0 Å². The third kappa shape index (κ3) is 6.12. The Bertz CT molecular complexity index is 289. The topological polar surface area (TPSA) is 0 Å². The van der Waals surface area contributed by atoms with E-state index in [1.54, 1.807) is 0 Å². The first-order chi connectivity index (χ1) is 8.24. The Morgan fingerprint density at radius 3 is 2.18 bits per heavy atom. The summed E-state index contributed by atoms with van der Waals surface area (Å²) < 4.78 is 0. The number of hydrogen-bond donors (Lipinski definition) is 0. The van der Waals surface area contributed by atoms with Gasteiger partial charge in [0.25, 0.3) is 0 Å². The van der Waals surface area contributed by atoms with Gasteiger partial charge >= 0.3 is 0 Å². The molecule has 0 N–H and O–H groups in total. The molecule has 0 radical (unpaired) electrons. The zero-order chi connectivity index (χ0) is 12.5. The van der Waals surface area contributed by atoms with Crippen LogP contribution in [0.4, 0.5) is 0 Å². The predicted molar refractivity (Wildman–Crippen MR) is 77.8 cm³/mol. The molecule has 0 saturated heterocycles. The summed E-state index contributed by atoms with van der Waals surface area (Å²) in [7, 11) is 0. The van der Waals surface area contributed by atoms with Crippen LogP contribution in [0.5, 0.6) is 0 Å². The second kappa shape index (κ2) is 8.58. The van der Waals surface area contributed by atoms with Crippen molar-refractivity contribution in [3.05, 3.63) is 35.4 Å². The van der Waals surface area contributed by atoms with Crippen molar-refractivity contribution in [3.63, 3.8) is 0 Å². The van der Waals surface area contributed by atoms with E-state index in [1.165, 1.54) is 49.7 Å². The Morgan fingerprint density at radius 1 is 0.941 bits per heavy atom. The fourth-order valence-electron chi connectivity index (χ4n) is 2.05. The summed E-state index contributed by atoms with van der Waals surface area (Å²) in [5.74, 6) is 0. The molecular formula is C16H25Cl. The maximum Gasteiger partial charge on any atom is 0.0585 e. The fraction of sp³-hybridized carbons (Fsp3) is 0.625. The summed E-state index contributed by atoms with van der Waals surface area (Å²) >= 11 is 6.40. The Labute approximate surface area is 111 Å². The maximum absolute atomic E-state index is 6.40. The molecule has 0 aliphatic rings. The Morgan fingerprint density at radius 2 is 1.53 bits per heavy atom. The first kappa shape index (κ1) is 14.6. The van der Waals surface area contributed by atoms with Crippen molar-refractivity contribution in [2.45, 2.75) is 64.2 Å². The number of benzene rings is 1. The third-order valence-corrected chi connectivity index (χ3v) is 3.72. The van der Waals surface area contributed by atoms with Crippen molar-refractivity contribution in [1.29, 1.82) is 0 Å². The monoisotopic (exact) mass is 252 g/mol. The fourth-order valence-corrected chi connectivity index (χ4v) is 2.35. The smallest absolute Gasteiger partial charge is 0.0585 e. The molecule has 1 aromatic carbocycles. The number of unbranched alkanes of at least 4 members (excludes halogenated alkanes) is 5. The minimum absolute atomic E-state index is 0.196. The van der Waals surface area contributed by atoms with Gasteiger partial charge in [0.1, 0.15) is 0 Å². The Hall–Kier alpha value is -0.490. The zero-order valence-corrected chi connectivity index (χ0v) is 12.0. The molecule has 0 bridgehead atoms. The lowest BCUT2D eigenvalue weighted by Gasteiger charge is -2.10. The minimum Gasteiger partial charge on any atom is -0.118 e. The van der Waals surface area contributed by atoms with Gasteiger partial charge in [-0.05, 0) is 18.9 Å². The van der Waals surface area contributed by atoms with Crippen molar-refractivity contribution in [2.24, 2.45) is 0 Å². The highest BCUT2D eigenvalue weighted by Crippen LogP contribution is 2.26. The van der Waals surface area contributed by atoms with E-state index in [0.717, 1.165) is 6.42 Å². The van der Waals surface area contributed by atoms with Crippen LogP contribution in [0.1, 0.15) is 68.4 Å². The van der Waals surface area contributed by atoms with E-state index in [2.05, 4.69) is 38.1 Å². The average molecular weight is 253 g/mol. The van der Waals surface area contributed by atoms with E-state index in [1.807, 2.05) is 0 Å². The van der Waals surface area contributed by atoms with E-state index >= 15 is 0 Å². The van der Waals surface area contributed by atoms with Crippen molar-refractivity contribution in [2.75, 3.05) is 0 Å². The molecule has 0 aromatic heterocycles. The van der Waals surface area contributed by atoms with Gasteiger partial charge in [0.15, 0.2) is 0 Å². The second-order valence-electron chi connectivity index (χ2n) is 4.93. The van der Waals surface area contributed by atoms with Crippen LogP contribution in [0.15, 0.2) is 24.3 Å². The third-order valence-electron chi connectivity index (χ3n) is 3.25. The quantitative estimate of drug-likeness (QED) is 0.392. The number of halogens is 1. The van der Waals surface area contributed by atoms with Crippen LogP contribution in [0.3, 0.4) is 0 Å². The largest absolute Gasteiger partial charge is 0.118 e. The van der Waals surface area contributed by atoms with Crippen LogP contribution < -0.4 is 0 Å². The molecule has 0 amide bonds. The summed E-state index contributed by atoms with van der Waals surface area (Å²) in [6.45, 7) is 4.37. The van der Waals surface area contributed by atoms with E-state index in [0.29, 0.717) is 0 Å². The normalized spacial score (nSPS) is 12.6. The summed E-state index contributed by atoms with van der Waals surface area (Å²) in [6.07, 6.45) is 9.14. The molecule has 0 heterocycles. The van der Waals surface area contributed by atoms with Crippen LogP contribution >= 0.6 is 11.6 Å². The minimum atomic E-state index is 0.196. The van der Waals surface area contributed by atoms with Crippen molar-refractivity contribution < 1.29 is 0 Å². The zero-order valence-electron chi connectivity index (χ0n) is 11.2. The predicted octanol–water partition coefficient (Wildman–Crippen LogP) is 6.03. The standard InChI is InChI=1S/C16H25Cl/c1-3-4-5-6-7-8-9-16(17)15-12-10-14(2)11-13-15/h10-13,16H,3-9H2,1-2H3. The van der Waals surface area contributed by atoms with Crippen LogP contribution in [0, 0.1) is 6.92 Å². The number of alkyl halides is 1. The van der Waals surface area contributed by atoms with Gasteiger partial charge in [-0.3, -0.25) is 0 Å². The van der Waals surface area contributed by atoms with Gasteiger partial charge in [-0.15, -0.1) is 11.6 Å². The Kier molecular flexibility index (Phi) is 7.35. The van der Waals surface area contributed by atoms with Crippen LogP contribution in [-0.4, -0.2) is 0 Å². The molecule has 0 saturated carbocycles. The lowest BCUT2D eigenvalue weighted by molar-refractivity contribution is 0.584. The first-order valence-corrected chi connectivity index (χ1v) is 7.38. The summed E-state index contributed by atoms with van der Waals surface area (Å²) in [6, 6.07) is 8.60. The molecule has 0 nitrogen and oxygen atoms in total. The van der Waals surface area contributed by atoms with Crippen molar-refractivity contribution in [3.8, 4) is 0 Å². The number of rotatable bonds is 8. The highest BCUT2D eigenvalue weighted by molar-refractivity contribution is 6.20. The molecule has 1 rings (SSSR count). The van der Waals surface area contributed by atoms with Crippen molar-refractivity contribution in [1.82, 2.24) is 0 Å². The van der Waals surface area contributed by atoms with Crippen LogP contribution in [0.25, 0.3) is 0 Å². The van der Waals surface area contributed by atoms with Gasteiger partial charge in [-0.2, -0.15) is 0 Å². The van der Waals surface area contributed by atoms with E-state index in [-0.39, 0.29) is 5.38 Å². The summed E-state index contributed by atoms with van der Waals surface area (Å²) in [5, 5.41) is 0.196. The molecule has 0 aliphatic heterocycles. The molecular weight excluding hydrogens is 228 g/mol. The maximum atomic E-state index is 6.40. The molecule has 17 heavy (non-hydrogen) atoms.